The monoisotopic (exact) mass is 134 g/mol. The van der Waals surface area contributed by atoms with E-state index in [1.54, 1.807) is 5.31 Å². The highest BCUT2D eigenvalue weighted by atomic mass is 15.1. The van der Waals surface area contributed by atoms with Crippen molar-refractivity contribution in [2.24, 2.45) is 0 Å². The van der Waals surface area contributed by atoms with Crippen LogP contribution in [0.4, 0.5) is 0 Å². The average molecular weight is 134 g/mol. The van der Waals surface area contributed by atoms with Gasteiger partial charge in [-0.2, -0.15) is 0 Å². The zero-order chi connectivity index (χ0) is 7.84. The SMILES string of the molecule is [2H]N1CC1c1cccc(C)c1. The topological polar surface area (TPSA) is 21.9 Å². The fourth-order valence-corrected chi connectivity index (χ4v) is 1.14. The Bertz CT molecular complexity index is 272. The van der Waals surface area contributed by atoms with Crippen LogP contribution < -0.4 is 5.31 Å². The lowest BCUT2D eigenvalue weighted by Crippen LogP contribution is -1.83. The first-order valence-electron chi connectivity index (χ1n) is 4.04. The molecule has 1 aliphatic rings. The molecule has 52 valence electrons. The van der Waals surface area contributed by atoms with E-state index in [0.717, 1.165) is 6.54 Å². The van der Waals surface area contributed by atoms with Crippen LogP contribution in [0.5, 0.6) is 0 Å². The Kier molecular flexibility index (Phi) is 1.03. The standard InChI is InChI=1S/C9H11N/c1-7-3-2-4-8(5-7)9-6-10-9/h2-5,9-10H,6H2,1H3/i/hD. The molecule has 10 heavy (non-hydrogen) atoms. The second kappa shape index (κ2) is 2.10. The van der Waals surface area contributed by atoms with Crippen LogP contribution in [-0.2, 0) is 0 Å². The zero-order valence-electron chi connectivity index (χ0n) is 7.04. The van der Waals surface area contributed by atoms with E-state index in [0.29, 0.717) is 6.04 Å². The van der Waals surface area contributed by atoms with Gasteiger partial charge in [-0.3, -0.25) is 0 Å². The van der Waals surface area contributed by atoms with Crippen molar-refractivity contribution in [1.82, 2.24) is 5.31 Å². The lowest BCUT2D eigenvalue weighted by molar-refractivity contribution is 1.07. The fourth-order valence-electron chi connectivity index (χ4n) is 1.14. The molecule has 1 heteroatoms. The number of benzene rings is 1. The van der Waals surface area contributed by atoms with Crippen molar-refractivity contribution < 1.29 is 1.41 Å². The van der Waals surface area contributed by atoms with Gasteiger partial charge in [-0.1, -0.05) is 29.8 Å². The van der Waals surface area contributed by atoms with Crippen molar-refractivity contribution in [3.8, 4) is 0 Å². The second-order valence-corrected chi connectivity index (χ2v) is 2.80. The third-order valence-corrected chi connectivity index (χ3v) is 1.79. The van der Waals surface area contributed by atoms with Gasteiger partial charge in [0.25, 0.3) is 0 Å². The summed E-state index contributed by atoms with van der Waals surface area (Å²) in [6.07, 6.45) is 0. The van der Waals surface area contributed by atoms with E-state index in [1.807, 2.05) is 0 Å². The molecule has 1 heterocycles. The average Bonchev–Trinajstić information content (AvgIpc) is 2.67. The van der Waals surface area contributed by atoms with Gasteiger partial charge in [-0.15, -0.1) is 0 Å². The fraction of sp³-hybridized carbons (Fsp3) is 0.333. The first kappa shape index (κ1) is 4.91. The summed E-state index contributed by atoms with van der Waals surface area (Å²) in [7, 11) is 0. The van der Waals surface area contributed by atoms with E-state index < -0.39 is 0 Å². The molecule has 1 saturated heterocycles. The van der Waals surface area contributed by atoms with Gasteiger partial charge in [0.2, 0.25) is 0 Å². The first-order chi connectivity index (χ1) is 5.27. The van der Waals surface area contributed by atoms with Crippen LogP contribution >= 0.6 is 0 Å². The molecule has 0 saturated carbocycles. The molecule has 2 rings (SSSR count). The highest BCUT2D eigenvalue weighted by molar-refractivity contribution is 5.27. The summed E-state index contributed by atoms with van der Waals surface area (Å²) in [5.41, 5.74) is 2.56. The maximum absolute atomic E-state index is 7.29. The predicted molar refractivity (Wildman–Crippen MR) is 41.9 cm³/mol. The normalized spacial score (nSPS) is 31.5. The summed E-state index contributed by atoms with van der Waals surface area (Å²) in [5.74, 6) is 0. The first-order valence-corrected chi connectivity index (χ1v) is 3.59. The molecule has 0 bridgehead atoms. The van der Waals surface area contributed by atoms with Gasteiger partial charge in [-0.05, 0) is 12.5 Å². The minimum atomic E-state index is 0.370. The summed E-state index contributed by atoms with van der Waals surface area (Å²) in [4.78, 5) is 0. The lowest BCUT2D eigenvalue weighted by Gasteiger charge is -1.96. The van der Waals surface area contributed by atoms with Crippen LogP contribution in [0, 0.1) is 6.92 Å². The maximum atomic E-state index is 7.29. The summed E-state index contributed by atoms with van der Waals surface area (Å²) in [6.45, 7) is 2.98. The Morgan fingerprint density at radius 1 is 1.70 bits per heavy atom. The molecule has 2 atom stereocenters. The highest BCUT2D eigenvalue weighted by Gasteiger charge is 2.21. The molecular weight excluding hydrogens is 122 g/mol. The molecule has 1 aromatic carbocycles. The van der Waals surface area contributed by atoms with Crippen LogP contribution in [0.1, 0.15) is 17.2 Å². The van der Waals surface area contributed by atoms with Crippen LogP contribution in [-0.4, -0.2) is 6.54 Å². The molecule has 2 unspecified atom stereocenters. The Balaban J connectivity index is 2.25. The van der Waals surface area contributed by atoms with Gasteiger partial charge in [0.1, 0.15) is 1.41 Å². The number of rotatable bonds is 1. The van der Waals surface area contributed by atoms with Crippen LogP contribution in [0.3, 0.4) is 0 Å². The van der Waals surface area contributed by atoms with Gasteiger partial charge in [0.05, 0.1) is 0 Å². The van der Waals surface area contributed by atoms with Crippen molar-refractivity contribution in [1.29, 1.82) is 0 Å². The molecule has 1 fully saturated rings. The van der Waals surface area contributed by atoms with Gasteiger partial charge in [0.15, 0.2) is 0 Å². The van der Waals surface area contributed by atoms with Crippen LogP contribution in [0.15, 0.2) is 24.3 Å². The molecule has 0 spiro atoms. The third kappa shape index (κ3) is 1.05. The molecule has 1 aliphatic heterocycles. The quantitative estimate of drug-likeness (QED) is 0.579. The lowest BCUT2D eigenvalue weighted by atomic mass is 10.1. The van der Waals surface area contributed by atoms with Crippen LogP contribution in [0.2, 0.25) is 1.41 Å². The maximum Gasteiger partial charge on any atom is 0.123 e. The number of nitrogens with one attached hydrogen (secondary N) is 1. The molecule has 0 radical (unpaired) electrons. The van der Waals surface area contributed by atoms with Crippen molar-refractivity contribution >= 4 is 0 Å². The third-order valence-electron chi connectivity index (χ3n) is 1.79. The van der Waals surface area contributed by atoms with Crippen molar-refractivity contribution in [2.45, 2.75) is 13.0 Å². The summed E-state index contributed by atoms with van der Waals surface area (Å²) < 4.78 is 7.29. The van der Waals surface area contributed by atoms with Gasteiger partial charge in [-0.25, -0.2) is 0 Å². The number of hydrogen-bond acceptors (Lipinski definition) is 1. The largest absolute Gasteiger partial charge is 0.307 e. The minimum Gasteiger partial charge on any atom is -0.307 e. The van der Waals surface area contributed by atoms with Gasteiger partial charge < -0.3 is 5.31 Å². The minimum absolute atomic E-state index is 0.370. The smallest absolute Gasteiger partial charge is 0.123 e. The van der Waals surface area contributed by atoms with E-state index in [2.05, 4.69) is 31.2 Å². The second-order valence-electron chi connectivity index (χ2n) is 2.80. The van der Waals surface area contributed by atoms with E-state index in [-0.39, 0.29) is 0 Å². The Labute approximate surface area is 62.5 Å². The molecule has 1 N–H and O–H groups in total. The zero-order valence-corrected chi connectivity index (χ0v) is 6.04. The molecular formula is C9H11N. The summed E-state index contributed by atoms with van der Waals surface area (Å²) in [5, 5.41) is 1.59. The molecule has 0 amide bonds. The molecule has 0 aromatic heterocycles. The molecule has 1 nitrogen and oxygen atoms in total. The van der Waals surface area contributed by atoms with Crippen molar-refractivity contribution in [3.63, 3.8) is 0 Å². The number of aryl methyl sites for hydroxylation is 1. The Morgan fingerprint density at radius 3 is 3.10 bits per heavy atom. The van der Waals surface area contributed by atoms with Gasteiger partial charge in [0, 0.05) is 12.6 Å². The van der Waals surface area contributed by atoms with E-state index >= 15 is 0 Å². The predicted octanol–water partition coefficient (Wildman–Crippen LogP) is 1.64. The Morgan fingerprint density at radius 2 is 2.50 bits per heavy atom. The van der Waals surface area contributed by atoms with Crippen molar-refractivity contribution in [3.05, 3.63) is 35.4 Å². The highest BCUT2D eigenvalue weighted by Crippen LogP contribution is 2.21. The molecule has 1 aromatic rings. The van der Waals surface area contributed by atoms with E-state index in [4.69, 9.17) is 1.41 Å². The van der Waals surface area contributed by atoms with E-state index in [9.17, 15) is 0 Å². The van der Waals surface area contributed by atoms with Crippen LogP contribution in [0.25, 0.3) is 0 Å². The number of hydrogen-bond donors (Lipinski definition) is 1. The summed E-state index contributed by atoms with van der Waals surface area (Å²) in [6, 6.07) is 8.75. The summed E-state index contributed by atoms with van der Waals surface area (Å²) >= 11 is 0. The van der Waals surface area contributed by atoms with Gasteiger partial charge >= 0.3 is 0 Å². The van der Waals surface area contributed by atoms with E-state index in [1.165, 1.54) is 11.1 Å². The Hall–Kier alpha value is -0.820. The molecule has 0 aliphatic carbocycles. The van der Waals surface area contributed by atoms with Crippen molar-refractivity contribution in [2.75, 3.05) is 6.54 Å².